The summed E-state index contributed by atoms with van der Waals surface area (Å²) in [6.07, 6.45) is 2.55. The van der Waals surface area contributed by atoms with Gasteiger partial charge in [0, 0.05) is 6.08 Å². The fourth-order valence-corrected chi connectivity index (χ4v) is 0.926. The molecule has 0 aliphatic carbocycles. The van der Waals surface area contributed by atoms with Crippen LogP contribution < -0.4 is 0 Å². The average molecular weight is 192 g/mol. The lowest BCUT2D eigenvalue weighted by Crippen LogP contribution is -2.00. The Morgan fingerprint density at radius 2 is 2.07 bits per heavy atom. The summed E-state index contributed by atoms with van der Waals surface area (Å²) in [6, 6.07) is 9.42. The van der Waals surface area contributed by atoms with Crippen molar-refractivity contribution in [2.75, 3.05) is 6.61 Å². The fraction of sp³-hybridized carbons (Fsp3) is 0.182. The molecule has 0 spiro atoms. The molecule has 0 radical (unpaired) electrons. The van der Waals surface area contributed by atoms with Crippen LogP contribution in [0.1, 0.15) is 5.56 Å². The maximum atomic E-state index is 11.0. The van der Waals surface area contributed by atoms with Gasteiger partial charge in [0.1, 0.15) is 6.61 Å². The molecule has 14 heavy (non-hydrogen) atoms. The molecule has 1 aromatic carbocycles. The van der Waals surface area contributed by atoms with Crippen molar-refractivity contribution >= 4 is 5.97 Å². The van der Waals surface area contributed by atoms with E-state index in [9.17, 15) is 4.79 Å². The molecule has 0 aromatic heterocycles. The van der Waals surface area contributed by atoms with Crippen LogP contribution in [0.4, 0.5) is 0 Å². The summed E-state index contributed by atoms with van der Waals surface area (Å²) >= 11 is 0. The molecule has 3 nitrogen and oxygen atoms in total. The summed E-state index contributed by atoms with van der Waals surface area (Å²) in [5.74, 6) is -0.442. The Bertz CT molecular complexity index is 304. The summed E-state index contributed by atoms with van der Waals surface area (Å²) in [4.78, 5) is 11.0. The van der Waals surface area contributed by atoms with E-state index in [1.165, 1.54) is 12.2 Å². The van der Waals surface area contributed by atoms with Gasteiger partial charge in [0.2, 0.25) is 0 Å². The van der Waals surface area contributed by atoms with E-state index in [1.807, 2.05) is 30.3 Å². The highest BCUT2D eigenvalue weighted by molar-refractivity contribution is 5.81. The SMILES string of the molecule is O=C(/C=C/CO)OCc1ccccc1. The van der Waals surface area contributed by atoms with Crippen molar-refractivity contribution in [1.29, 1.82) is 0 Å². The Labute approximate surface area is 82.6 Å². The maximum absolute atomic E-state index is 11.0. The highest BCUT2D eigenvalue weighted by Crippen LogP contribution is 2.00. The topological polar surface area (TPSA) is 46.5 Å². The van der Waals surface area contributed by atoms with Gasteiger partial charge in [0.15, 0.2) is 0 Å². The first-order valence-electron chi connectivity index (χ1n) is 4.31. The van der Waals surface area contributed by atoms with Gasteiger partial charge in [-0.25, -0.2) is 4.79 Å². The number of carbonyl (C=O) groups excluding carboxylic acids is 1. The second kappa shape index (κ2) is 5.94. The van der Waals surface area contributed by atoms with Crippen molar-refractivity contribution in [3.63, 3.8) is 0 Å². The first kappa shape index (κ1) is 10.5. The molecule has 0 unspecified atom stereocenters. The average Bonchev–Trinajstić information content (AvgIpc) is 2.25. The van der Waals surface area contributed by atoms with Crippen LogP contribution in [0.15, 0.2) is 42.5 Å². The van der Waals surface area contributed by atoms with Crippen molar-refractivity contribution < 1.29 is 14.6 Å². The molecule has 0 aliphatic heterocycles. The predicted molar refractivity (Wildman–Crippen MR) is 52.5 cm³/mol. The predicted octanol–water partition coefficient (Wildman–Crippen LogP) is 1.28. The second-order valence-electron chi connectivity index (χ2n) is 2.68. The monoisotopic (exact) mass is 192 g/mol. The highest BCUT2D eigenvalue weighted by Gasteiger charge is 1.96. The number of ether oxygens (including phenoxy) is 1. The number of esters is 1. The maximum Gasteiger partial charge on any atom is 0.330 e. The van der Waals surface area contributed by atoms with Gasteiger partial charge in [0.05, 0.1) is 6.61 Å². The molecule has 0 saturated heterocycles. The van der Waals surface area contributed by atoms with E-state index in [-0.39, 0.29) is 13.2 Å². The van der Waals surface area contributed by atoms with E-state index in [1.54, 1.807) is 0 Å². The van der Waals surface area contributed by atoms with Gasteiger partial charge in [-0.1, -0.05) is 36.4 Å². The molecule has 1 aromatic rings. The minimum atomic E-state index is -0.442. The minimum Gasteiger partial charge on any atom is -0.458 e. The number of aliphatic hydroxyl groups excluding tert-OH is 1. The molecular formula is C11H12O3. The fourth-order valence-electron chi connectivity index (χ4n) is 0.926. The number of hydrogen-bond donors (Lipinski definition) is 1. The summed E-state index contributed by atoms with van der Waals surface area (Å²) in [5.41, 5.74) is 0.943. The van der Waals surface area contributed by atoms with Crippen LogP contribution in [-0.4, -0.2) is 17.7 Å². The third-order valence-corrected chi connectivity index (χ3v) is 1.58. The highest BCUT2D eigenvalue weighted by atomic mass is 16.5. The van der Waals surface area contributed by atoms with Crippen molar-refractivity contribution in [2.45, 2.75) is 6.61 Å². The van der Waals surface area contributed by atoms with Gasteiger partial charge >= 0.3 is 5.97 Å². The molecule has 0 saturated carbocycles. The van der Waals surface area contributed by atoms with Crippen molar-refractivity contribution in [2.24, 2.45) is 0 Å². The summed E-state index contributed by atoms with van der Waals surface area (Å²) in [5, 5.41) is 8.41. The van der Waals surface area contributed by atoms with E-state index in [0.717, 1.165) is 5.56 Å². The number of hydrogen-bond acceptors (Lipinski definition) is 3. The lowest BCUT2D eigenvalue weighted by molar-refractivity contribution is -0.139. The standard InChI is InChI=1S/C11H12O3/c12-8-4-7-11(13)14-9-10-5-2-1-3-6-10/h1-7,12H,8-9H2/b7-4+. The molecule has 0 heterocycles. The molecule has 0 bridgehead atoms. The Kier molecular flexibility index (Phi) is 4.44. The zero-order valence-electron chi connectivity index (χ0n) is 7.72. The summed E-state index contributed by atoms with van der Waals surface area (Å²) < 4.78 is 4.89. The lowest BCUT2D eigenvalue weighted by Gasteiger charge is -2.00. The zero-order chi connectivity index (χ0) is 10.2. The number of benzene rings is 1. The van der Waals surface area contributed by atoms with Crippen LogP contribution in [0.3, 0.4) is 0 Å². The molecule has 0 atom stereocenters. The largest absolute Gasteiger partial charge is 0.458 e. The number of aliphatic hydroxyl groups is 1. The molecule has 1 rings (SSSR count). The molecule has 0 amide bonds. The molecule has 1 N–H and O–H groups in total. The van der Waals surface area contributed by atoms with Gasteiger partial charge < -0.3 is 9.84 Å². The van der Waals surface area contributed by atoms with Crippen LogP contribution >= 0.6 is 0 Å². The Balaban J connectivity index is 2.34. The van der Waals surface area contributed by atoms with Crippen molar-refractivity contribution in [3.8, 4) is 0 Å². The number of carbonyl (C=O) groups is 1. The quantitative estimate of drug-likeness (QED) is 0.577. The van der Waals surface area contributed by atoms with Gasteiger partial charge in [0.25, 0.3) is 0 Å². The zero-order valence-corrected chi connectivity index (χ0v) is 7.72. The van der Waals surface area contributed by atoms with E-state index in [0.29, 0.717) is 0 Å². The third kappa shape index (κ3) is 3.87. The van der Waals surface area contributed by atoms with Gasteiger partial charge in [-0.3, -0.25) is 0 Å². The molecular weight excluding hydrogens is 180 g/mol. The Morgan fingerprint density at radius 3 is 2.71 bits per heavy atom. The number of rotatable bonds is 4. The van der Waals surface area contributed by atoms with Crippen molar-refractivity contribution in [3.05, 3.63) is 48.0 Å². The summed E-state index contributed by atoms with van der Waals surface area (Å²) in [7, 11) is 0. The van der Waals surface area contributed by atoms with Gasteiger partial charge in [-0.15, -0.1) is 0 Å². The van der Waals surface area contributed by atoms with E-state index < -0.39 is 5.97 Å². The van der Waals surface area contributed by atoms with Gasteiger partial charge in [-0.2, -0.15) is 0 Å². The van der Waals surface area contributed by atoms with Crippen LogP contribution in [0, 0.1) is 0 Å². The normalized spacial score (nSPS) is 10.4. The third-order valence-electron chi connectivity index (χ3n) is 1.58. The van der Waals surface area contributed by atoms with E-state index >= 15 is 0 Å². The molecule has 0 aliphatic rings. The van der Waals surface area contributed by atoms with Crippen LogP contribution in [-0.2, 0) is 16.1 Å². The lowest BCUT2D eigenvalue weighted by atomic mass is 10.2. The summed E-state index contributed by atoms with van der Waals surface area (Å²) in [6.45, 7) is 0.107. The molecule has 74 valence electrons. The Morgan fingerprint density at radius 1 is 1.36 bits per heavy atom. The van der Waals surface area contributed by atoms with Crippen LogP contribution in [0.5, 0.6) is 0 Å². The van der Waals surface area contributed by atoms with Crippen LogP contribution in [0.25, 0.3) is 0 Å². The van der Waals surface area contributed by atoms with E-state index in [4.69, 9.17) is 9.84 Å². The van der Waals surface area contributed by atoms with Crippen LogP contribution in [0.2, 0.25) is 0 Å². The minimum absolute atomic E-state index is 0.152. The first-order chi connectivity index (χ1) is 6.83. The molecule has 0 fully saturated rings. The Hall–Kier alpha value is -1.61. The van der Waals surface area contributed by atoms with E-state index in [2.05, 4.69) is 0 Å². The second-order valence-corrected chi connectivity index (χ2v) is 2.68. The molecule has 3 heteroatoms. The smallest absolute Gasteiger partial charge is 0.330 e. The first-order valence-corrected chi connectivity index (χ1v) is 4.31. The van der Waals surface area contributed by atoms with Crippen molar-refractivity contribution in [1.82, 2.24) is 0 Å². The van der Waals surface area contributed by atoms with Gasteiger partial charge in [-0.05, 0) is 5.56 Å².